The number of likely N-dealkylation sites (tertiary alicyclic amines) is 1. The maximum Gasteiger partial charge on any atom is 0.260 e. The molecule has 2 aromatic heterocycles. The van der Waals surface area contributed by atoms with Crippen LogP contribution < -0.4 is 0 Å². The molecule has 1 aliphatic carbocycles. The number of carbonyl (C=O) groups excluding carboxylic acids is 1. The molecule has 0 spiro atoms. The van der Waals surface area contributed by atoms with Crippen LogP contribution >= 0.6 is 0 Å². The number of piperidine rings is 1. The maximum absolute atomic E-state index is 14.0. The second kappa shape index (κ2) is 8.10. The van der Waals surface area contributed by atoms with Gasteiger partial charge in [0.25, 0.3) is 5.91 Å². The lowest BCUT2D eigenvalue weighted by atomic mass is 9.75. The minimum absolute atomic E-state index is 0.0149. The summed E-state index contributed by atoms with van der Waals surface area (Å²) in [5.41, 5.74) is 4.56. The molecule has 0 radical (unpaired) electrons. The fourth-order valence-electron chi connectivity index (χ4n) is 5.31. The van der Waals surface area contributed by atoms with Gasteiger partial charge in [0, 0.05) is 23.6 Å². The fraction of sp³-hybridized carbons (Fsp3) is 0.207. The summed E-state index contributed by atoms with van der Waals surface area (Å²) in [6, 6.07) is 22.3. The predicted octanol–water partition coefficient (Wildman–Crippen LogP) is 5.80. The SMILES string of the molecule is CC12C=CC=CC1CCCN2C(=O)c1cnn2c(-c3ccccc3)cc(-c3ccccc3)nc12. The average molecular weight is 447 g/mol. The Labute approximate surface area is 199 Å². The molecule has 0 N–H and O–H groups in total. The summed E-state index contributed by atoms with van der Waals surface area (Å²) < 4.78 is 1.80. The Kier molecular flexibility index (Phi) is 4.91. The molecule has 2 atom stereocenters. The van der Waals surface area contributed by atoms with Gasteiger partial charge in [0.05, 0.1) is 23.1 Å². The van der Waals surface area contributed by atoms with Crippen molar-refractivity contribution >= 4 is 11.6 Å². The van der Waals surface area contributed by atoms with Gasteiger partial charge in [-0.05, 0) is 25.8 Å². The number of rotatable bonds is 3. The predicted molar refractivity (Wildman–Crippen MR) is 134 cm³/mol. The van der Waals surface area contributed by atoms with E-state index in [1.165, 1.54) is 0 Å². The van der Waals surface area contributed by atoms with Gasteiger partial charge in [0.1, 0.15) is 5.56 Å². The van der Waals surface area contributed by atoms with Gasteiger partial charge in [-0.15, -0.1) is 0 Å². The first-order chi connectivity index (χ1) is 16.6. The second-order valence-electron chi connectivity index (χ2n) is 9.23. The van der Waals surface area contributed by atoms with Crippen molar-refractivity contribution in [3.05, 3.63) is 103 Å². The van der Waals surface area contributed by atoms with E-state index in [-0.39, 0.29) is 11.4 Å². The minimum atomic E-state index is -0.336. The summed E-state index contributed by atoms with van der Waals surface area (Å²) in [7, 11) is 0. The zero-order valence-corrected chi connectivity index (χ0v) is 19.1. The molecule has 4 aromatic rings. The molecule has 5 heteroatoms. The lowest BCUT2D eigenvalue weighted by Gasteiger charge is -2.48. The van der Waals surface area contributed by atoms with Crippen LogP contribution in [0.3, 0.4) is 0 Å². The van der Waals surface area contributed by atoms with Crippen molar-refractivity contribution in [1.29, 1.82) is 0 Å². The Bertz CT molecular complexity index is 1420. The Morgan fingerprint density at radius 1 is 1.00 bits per heavy atom. The van der Waals surface area contributed by atoms with Crippen LogP contribution in [0.2, 0.25) is 0 Å². The molecule has 0 bridgehead atoms. The summed E-state index contributed by atoms with van der Waals surface area (Å²) in [6.07, 6.45) is 12.3. The third-order valence-corrected chi connectivity index (χ3v) is 7.20. The van der Waals surface area contributed by atoms with E-state index in [0.717, 1.165) is 41.9 Å². The smallest absolute Gasteiger partial charge is 0.260 e. The highest BCUT2D eigenvalue weighted by Gasteiger charge is 2.43. The van der Waals surface area contributed by atoms with Crippen LogP contribution in [0.4, 0.5) is 0 Å². The standard InChI is InChI=1S/C29H26N4O/c1-29-17-9-8-15-23(29)16-10-18-32(29)28(34)24-20-30-33-26(22-13-6-3-7-14-22)19-25(31-27(24)33)21-11-4-2-5-12-21/h2-9,11-15,17,19-20,23H,10,16,18H2,1H3. The van der Waals surface area contributed by atoms with Crippen LogP contribution in [-0.4, -0.2) is 37.5 Å². The van der Waals surface area contributed by atoms with Crippen LogP contribution in [0.15, 0.2) is 97.2 Å². The Morgan fingerprint density at radius 3 is 2.50 bits per heavy atom. The van der Waals surface area contributed by atoms with E-state index in [9.17, 15) is 4.79 Å². The third kappa shape index (κ3) is 3.27. The Hall–Kier alpha value is -3.99. The van der Waals surface area contributed by atoms with Gasteiger partial charge in [-0.2, -0.15) is 5.10 Å². The van der Waals surface area contributed by atoms with E-state index in [1.54, 1.807) is 10.7 Å². The van der Waals surface area contributed by atoms with E-state index in [0.29, 0.717) is 17.1 Å². The van der Waals surface area contributed by atoms with Crippen molar-refractivity contribution < 1.29 is 4.79 Å². The largest absolute Gasteiger partial charge is 0.329 e. The van der Waals surface area contributed by atoms with Gasteiger partial charge in [0.2, 0.25) is 0 Å². The summed E-state index contributed by atoms with van der Waals surface area (Å²) in [4.78, 5) is 21.0. The van der Waals surface area contributed by atoms with Crippen molar-refractivity contribution in [2.75, 3.05) is 6.54 Å². The van der Waals surface area contributed by atoms with Gasteiger partial charge >= 0.3 is 0 Å². The molecule has 34 heavy (non-hydrogen) atoms. The fourth-order valence-corrected chi connectivity index (χ4v) is 5.31. The topological polar surface area (TPSA) is 50.5 Å². The van der Waals surface area contributed by atoms with Crippen molar-refractivity contribution in [1.82, 2.24) is 19.5 Å². The van der Waals surface area contributed by atoms with Crippen LogP contribution in [0.1, 0.15) is 30.1 Å². The molecule has 1 amide bonds. The molecule has 3 heterocycles. The van der Waals surface area contributed by atoms with E-state index < -0.39 is 0 Å². The van der Waals surface area contributed by atoms with Gasteiger partial charge in [-0.3, -0.25) is 4.79 Å². The number of benzene rings is 2. The van der Waals surface area contributed by atoms with E-state index >= 15 is 0 Å². The summed E-state index contributed by atoms with van der Waals surface area (Å²) >= 11 is 0. The number of aromatic nitrogens is 3. The lowest BCUT2D eigenvalue weighted by Crippen LogP contribution is -2.56. The van der Waals surface area contributed by atoms with Crippen LogP contribution in [-0.2, 0) is 0 Å². The second-order valence-corrected chi connectivity index (χ2v) is 9.23. The maximum atomic E-state index is 14.0. The highest BCUT2D eigenvalue weighted by atomic mass is 16.2. The summed E-state index contributed by atoms with van der Waals surface area (Å²) in [5, 5.41) is 4.65. The van der Waals surface area contributed by atoms with Crippen LogP contribution in [0, 0.1) is 5.92 Å². The van der Waals surface area contributed by atoms with Crippen molar-refractivity contribution in [3.63, 3.8) is 0 Å². The first-order valence-corrected chi connectivity index (χ1v) is 11.8. The number of allylic oxidation sites excluding steroid dienone is 2. The molecule has 168 valence electrons. The lowest BCUT2D eigenvalue weighted by molar-refractivity contribution is 0.0393. The van der Waals surface area contributed by atoms with E-state index in [2.05, 4.69) is 48.5 Å². The van der Waals surface area contributed by atoms with E-state index in [1.807, 2.05) is 59.5 Å². The number of fused-ring (bicyclic) bond motifs is 2. The van der Waals surface area contributed by atoms with Gasteiger partial charge in [-0.25, -0.2) is 9.50 Å². The third-order valence-electron chi connectivity index (χ3n) is 7.20. The normalized spacial score (nSPS) is 21.6. The molecule has 6 rings (SSSR count). The van der Waals surface area contributed by atoms with Gasteiger partial charge in [0.15, 0.2) is 5.65 Å². The molecular weight excluding hydrogens is 420 g/mol. The molecular formula is C29H26N4O. The summed E-state index contributed by atoms with van der Waals surface area (Å²) in [6.45, 7) is 2.89. The molecule has 1 fully saturated rings. The molecule has 5 nitrogen and oxygen atoms in total. The molecule has 2 aromatic carbocycles. The first kappa shape index (κ1) is 20.6. The highest BCUT2D eigenvalue weighted by Crippen LogP contribution is 2.39. The summed E-state index contributed by atoms with van der Waals surface area (Å²) in [5.74, 6) is 0.309. The number of nitrogens with zero attached hydrogens (tertiary/aromatic N) is 4. The monoisotopic (exact) mass is 446 g/mol. The Morgan fingerprint density at radius 2 is 1.74 bits per heavy atom. The van der Waals surface area contributed by atoms with Crippen molar-refractivity contribution in [2.24, 2.45) is 5.92 Å². The molecule has 0 saturated carbocycles. The number of amides is 1. The van der Waals surface area contributed by atoms with Crippen LogP contribution in [0.25, 0.3) is 28.2 Å². The minimum Gasteiger partial charge on any atom is -0.329 e. The van der Waals surface area contributed by atoms with Crippen molar-refractivity contribution in [3.8, 4) is 22.5 Å². The van der Waals surface area contributed by atoms with Crippen LogP contribution in [0.5, 0.6) is 0 Å². The van der Waals surface area contributed by atoms with Crippen molar-refractivity contribution in [2.45, 2.75) is 25.3 Å². The van der Waals surface area contributed by atoms with E-state index in [4.69, 9.17) is 4.98 Å². The van der Waals surface area contributed by atoms with Gasteiger partial charge < -0.3 is 4.90 Å². The zero-order chi connectivity index (χ0) is 23.1. The number of hydrogen-bond acceptors (Lipinski definition) is 3. The first-order valence-electron chi connectivity index (χ1n) is 11.8. The highest BCUT2D eigenvalue weighted by molar-refractivity contribution is 6.01. The Balaban J connectivity index is 1.52. The number of hydrogen-bond donors (Lipinski definition) is 0. The van der Waals surface area contributed by atoms with Gasteiger partial charge in [-0.1, -0.05) is 85.0 Å². The zero-order valence-electron chi connectivity index (χ0n) is 19.1. The molecule has 2 unspecified atom stereocenters. The molecule has 1 saturated heterocycles. The quantitative estimate of drug-likeness (QED) is 0.400. The average Bonchev–Trinajstić information content (AvgIpc) is 3.32. The molecule has 1 aliphatic heterocycles. The number of carbonyl (C=O) groups is 1. The molecule has 2 aliphatic rings.